The van der Waals surface area contributed by atoms with Crippen molar-refractivity contribution < 1.29 is 14.6 Å². The molecule has 2 rings (SSSR count). The van der Waals surface area contributed by atoms with Crippen molar-refractivity contribution in [3.63, 3.8) is 0 Å². The molecule has 5 heteroatoms. The lowest BCUT2D eigenvalue weighted by Gasteiger charge is -2.64. The number of carbonyl (C=O) groups excluding carboxylic acids is 1. The van der Waals surface area contributed by atoms with Crippen LogP contribution in [0.4, 0.5) is 4.79 Å². The molecular formula is C19H36N2O3. The molecule has 1 aliphatic carbocycles. The number of nitrogens with one attached hydrogen (secondary N) is 1. The van der Waals surface area contributed by atoms with E-state index in [0.29, 0.717) is 12.0 Å². The highest BCUT2D eigenvalue weighted by Crippen LogP contribution is 2.52. The number of carbonyl (C=O) groups is 1. The highest BCUT2D eigenvalue weighted by Gasteiger charge is 2.60. The third-order valence-electron chi connectivity index (χ3n) is 5.46. The van der Waals surface area contributed by atoms with E-state index in [9.17, 15) is 9.90 Å². The van der Waals surface area contributed by atoms with E-state index in [-0.39, 0.29) is 23.7 Å². The van der Waals surface area contributed by atoms with Crippen LogP contribution in [0.2, 0.25) is 0 Å². The average molecular weight is 341 g/mol. The molecule has 0 aromatic carbocycles. The smallest absolute Gasteiger partial charge is 0.410 e. The third kappa shape index (κ3) is 4.23. The number of likely N-dealkylation sites (tertiary alicyclic amines) is 1. The Morgan fingerprint density at radius 2 is 2.08 bits per heavy atom. The molecule has 2 aliphatic rings. The molecule has 0 radical (unpaired) electrons. The molecule has 4 atom stereocenters. The van der Waals surface area contributed by atoms with Gasteiger partial charge in [0.05, 0.1) is 6.10 Å². The molecule has 1 amide bonds. The molecule has 0 spiro atoms. The van der Waals surface area contributed by atoms with E-state index < -0.39 is 5.60 Å². The van der Waals surface area contributed by atoms with E-state index >= 15 is 0 Å². The van der Waals surface area contributed by atoms with Crippen LogP contribution in [0, 0.1) is 11.3 Å². The number of hydrogen-bond donors (Lipinski definition) is 2. The Morgan fingerprint density at radius 1 is 1.42 bits per heavy atom. The molecule has 140 valence electrons. The predicted molar refractivity (Wildman–Crippen MR) is 95.9 cm³/mol. The Kier molecular flexibility index (Phi) is 5.86. The molecule has 24 heavy (non-hydrogen) atoms. The number of amides is 1. The Hall–Kier alpha value is -0.810. The highest BCUT2D eigenvalue weighted by atomic mass is 16.6. The van der Waals surface area contributed by atoms with Gasteiger partial charge in [-0.25, -0.2) is 4.79 Å². The van der Waals surface area contributed by atoms with E-state index in [1.807, 2.05) is 32.6 Å². The Balaban J connectivity index is 1.96. The van der Waals surface area contributed by atoms with Crippen molar-refractivity contribution in [1.29, 1.82) is 0 Å². The van der Waals surface area contributed by atoms with Gasteiger partial charge >= 0.3 is 6.09 Å². The van der Waals surface area contributed by atoms with Gasteiger partial charge in [-0.3, -0.25) is 0 Å². The van der Waals surface area contributed by atoms with E-state index in [0.717, 1.165) is 32.4 Å². The zero-order valence-corrected chi connectivity index (χ0v) is 16.3. The van der Waals surface area contributed by atoms with Gasteiger partial charge < -0.3 is 20.1 Å². The van der Waals surface area contributed by atoms with Gasteiger partial charge in [0.2, 0.25) is 0 Å². The van der Waals surface area contributed by atoms with Gasteiger partial charge in [-0.2, -0.15) is 0 Å². The number of ether oxygens (including phenoxy) is 1. The van der Waals surface area contributed by atoms with Gasteiger partial charge in [0, 0.05) is 24.0 Å². The van der Waals surface area contributed by atoms with Crippen molar-refractivity contribution >= 4 is 6.09 Å². The summed E-state index contributed by atoms with van der Waals surface area (Å²) in [5.41, 5.74) is -0.399. The topological polar surface area (TPSA) is 61.8 Å². The second kappa shape index (κ2) is 7.20. The first-order valence-corrected chi connectivity index (χ1v) is 9.45. The maximum absolute atomic E-state index is 12.6. The number of piperidine rings is 1. The summed E-state index contributed by atoms with van der Waals surface area (Å²) < 4.78 is 5.62. The van der Waals surface area contributed by atoms with Crippen LogP contribution in [0.15, 0.2) is 0 Å². The Bertz CT molecular complexity index is 442. The van der Waals surface area contributed by atoms with Gasteiger partial charge in [0.15, 0.2) is 0 Å². The minimum Gasteiger partial charge on any atom is -0.444 e. The molecule has 1 heterocycles. The summed E-state index contributed by atoms with van der Waals surface area (Å²) in [6.07, 6.45) is 3.63. The average Bonchev–Trinajstić information content (AvgIpc) is 2.43. The van der Waals surface area contributed by atoms with Crippen molar-refractivity contribution in [2.24, 2.45) is 11.3 Å². The molecule has 1 saturated heterocycles. The zero-order valence-electron chi connectivity index (χ0n) is 16.3. The third-order valence-corrected chi connectivity index (χ3v) is 5.46. The van der Waals surface area contributed by atoms with Crippen molar-refractivity contribution in [2.75, 3.05) is 13.1 Å². The lowest BCUT2D eigenvalue weighted by molar-refractivity contribution is -0.119. The fourth-order valence-electron chi connectivity index (χ4n) is 4.54. The quantitative estimate of drug-likeness (QED) is 0.755. The van der Waals surface area contributed by atoms with E-state index in [4.69, 9.17) is 4.74 Å². The summed E-state index contributed by atoms with van der Waals surface area (Å²) in [4.78, 5) is 14.6. The summed E-state index contributed by atoms with van der Waals surface area (Å²) in [5, 5.41) is 13.1. The predicted octanol–water partition coefficient (Wildman–Crippen LogP) is 3.16. The zero-order chi connectivity index (χ0) is 18.1. The maximum Gasteiger partial charge on any atom is 0.410 e. The number of aliphatic hydroxyl groups is 1. The van der Waals surface area contributed by atoms with Gasteiger partial charge in [0.1, 0.15) is 5.60 Å². The van der Waals surface area contributed by atoms with E-state index in [1.165, 1.54) is 6.42 Å². The van der Waals surface area contributed by atoms with Crippen molar-refractivity contribution in [3.05, 3.63) is 0 Å². The molecule has 0 bridgehead atoms. The molecule has 2 N–H and O–H groups in total. The van der Waals surface area contributed by atoms with Crippen LogP contribution >= 0.6 is 0 Å². The SMILES string of the molecule is CC(O)CCCNC1[C@@H]2CCCN(C(=O)OC(C)(C)C)[C@@H]2C1(C)C. The first kappa shape index (κ1) is 19.5. The van der Waals surface area contributed by atoms with Crippen LogP contribution in [-0.2, 0) is 4.74 Å². The molecule has 0 aromatic rings. The standard InChI is InChI=1S/C19H36N2O3/c1-13(22)9-7-11-20-15-14-10-8-12-21(16(14)19(15,5)6)17(23)24-18(2,3)4/h13-16,20,22H,7-12H2,1-6H3/t13?,14-,15?,16-/m0/s1. The number of nitrogens with zero attached hydrogens (tertiary/aromatic N) is 1. The molecule has 2 unspecified atom stereocenters. The lowest BCUT2D eigenvalue weighted by atomic mass is 9.52. The first-order valence-electron chi connectivity index (χ1n) is 9.45. The lowest BCUT2D eigenvalue weighted by Crippen LogP contribution is -2.74. The summed E-state index contributed by atoms with van der Waals surface area (Å²) in [6.45, 7) is 13.8. The second-order valence-corrected chi connectivity index (χ2v) is 9.17. The Labute approximate surface area is 147 Å². The van der Waals surface area contributed by atoms with Gasteiger partial charge in [-0.15, -0.1) is 0 Å². The minimum atomic E-state index is -0.448. The van der Waals surface area contributed by atoms with Crippen molar-refractivity contribution in [2.45, 2.75) is 91.0 Å². The number of fused-ring (bicyclic) bond motifs is 1. The summed E-state index contributed by atoms with van der Waals surface area (Å²) in [6, 6.07) is 0.692. The molecule has 1 aliphatic heterocycles. The highest BCUT2D eigenvalue weighted by molar-refractivity contribution is 5.69. The van der Waals surface area contributed by atoms with Crippen LogP contribution in [-0.4, -0.2) is 53.0 Å². The van der Waals surface area contributed by atoms with Crippen molar-refractivity contribution in [3.8, 4) is 0 Å². The van der Waals surface area contributed by atoms with E-state index in [2.05, 4.69) is 19.2 Å². The maximum atomic E-state index is 12.6. The molecule has 5 nitrogen and oxygen atoms in total. The summed E-state index contributed by atoms with van der Waals surface area (Å²) in [7, 11) is 0. The van der Waals surface area contributed by atoms with Gasteiger partial charge in [-0.05, 0) is 65.8 Å². The van der Waals surface area contributed by atoms with E-state index in [1.54, 1.807) is 0 Å². The summed E-state index contributed by atoms with van der Waals surface area (Å²) >= 11 is 0. The van der Waals surface area contributed by atoms with Crippen LogP contribution in [0.1, 0.15) is 67.2 Å². The summed E-state index contributed by atoms with van der Waals surface area (Å²) in [5.74, 6) is 0.507. The minimum absolute atomic E-state index is 0.0484. The van der Waals surface area contributed by atoms with Crippen LogP contribution in [0.25, 0.3) is 0 Å². The van der Waals surface area contributed by atoms with Gasteiger partial charge in [0.25, 0.3) is 0 Å². The molecule has 1 saturated carbocycles. The van der Waals surface area contributed by atoms with Gasteiger partial charge in [-0.1, -0.05) is 13.8 Å². The Morgan fingerprint density at radius 3 is 2.67 bits per heavy atom. The normalized spacial score (nSPS) is 30.3. The number of rotatable bonds is 5. The fourth-order valence-corrected chi connectivity index (χ4v) is 4.54. The fraction of sp³-hybridized carbons (Fsp3) is 0.947. The molecule has 0 aromatic heterocycles. The molecule has 2 fully saturated rings. The first-order chi connectivity index (χ1) is 11.0. The van der Waals surface area contributed by atoms with Crippen LogP contribution in [0.5, 0.6) is 0 Å². The second-order valence-electron chi connectivity index (χ2n) is 9.17. The largest absolute Gasteiger partial charge is 0.444 e. The number of aliphatic hydroxyl groups excluding tert-OH is 1. The number of hydrogen-bond acceptors (Lipinski definition) is 4. The monoisotopic (exact) mass is 340 g/mol. The van der Waals surface area contributed by atoms with Crippen LogP contribution in [0.3, 0.4) is 0 Å². The van der Waals surface area contributed by atoms with Crippen LogP contribution < -0.4 is 5.32 Å². The molecular weight excluding hydrogens is 304 g/mol. The van der Waals surface area contributed by atoms with Crippen molar-refractivity contribution in [1.82, 2.24) is 10.2 Å².